The van der Waals surface area contributed by atoms with E-state index in [9.17, 15) is 14.7 Å². The summed E-state index contributed by atoms with van der Waals surface area (Å²) in [4.78, 5) is 24.1. The fraction of sp³-hybridized carbons (Fsp3) is 0.176. The predicted octanol–water partition coefficient (Wildman–Crippen LogP) is 2.64. The van der Waals surface area contributed by atoms with Crippen LogP contribution in [-0.2, 0) is 0 Å². The molecule has 0 fully saturated rings. The van der Waals surface area contributed by atoms with Gasteiger partial charge in [-0.3, -0.25) is 4.79 Å². The first-order chi connectivity index (χ1) is 11.0. The Morgan fingerprint density at radius 1 is 0.783 bits per heavy atom. The molecule has 0 amide bonds. The number of hydrogen-bond donors (Lipinski definition) is 1. The zero-order chi connectivity index (χ0) is 17.0. The maximum absolute atomic E-state index is 12.7. The lowest BCUT2D eigenvalue weighted by Crippen LogP contribution is -2.11. The molecule has 0 radical (unpaired) electrons. The second kappa shape index (κ2) is 6.83. The number of benzene rings is 2. The highest BCUT2D eigenvalue weighted by Crippen LogP contribution is 2.28. The monoisotopic (exact) mass is 316 g/mol. The molecule has 0 aliphatic heterocycles. The SMILES string of the molecule is COc1ccc(C(=O)c2ccc(OC)cc2C(=O)O)c(OC)c1. The van der Waals surface area contributed by atoms with E-state index in [1.165, 1.54) is 45.6 Å². The van der Waals surface area contributed by atoms with Crippen LogP contribution < -0.4 is 14.2 Å². The van der Waals surface area contributed by atoms with E-state index in [0.29, 0.717) is 17.2 Å². The summed E-state index contributed by atoms with van der Waals surface area (Å²) in [6, 6.07) is 8.99. The Bertz CT molecular complexity index is 751. The molecular weight excluding hydrogens is 300 g/mol. The van der Waals surface area contributed by atoms with Gasteiger partial charge in [0.15, 0.2) is 5.78 Å². The van der Waals surface area contributed by atoms with Crippen molar-refractivity contribution in [2.24, 2.45) is 0 Å². The topological polar surface area (TPSA) is 82.1 Å². The molecule has 2 rings (SSSR count). The Morgan fingerprint density at radius 3 is 1.87 bits per heavy atom. The molecule has 0 aliphatic rings. The van der Waals surface area contributed by atoms with Crippen LogP contribution >= 0.6 is 0 Å². The quantitative estimate of drug-likeness (QED) is 0.825. The minimum absolute atomic E-state index is 0.0572. The van der Waals surface area contributed by atoms with Gasteiger partial charge in [0, 0.05) is 11.6 Å². The van der Waals surface area contributed by atoms with Crippen molar-refractivity contribution in [2.45, 2.75) is 0 Å². The molecular formula is C17H16O6. The molecule has 0 saturated heterocycles. The summed E-state index contributed by atoms with van der Waals surface area (Å²) in [6.45, 7) is 0. The average molecular weight is 316 g/mol. The highest BCUT2D eigenvalue weighted by atomic mass is 16.5. The molecule has 2 aromatic rings. The van der Waals surface area contributed by atoms with Crippen molar-refractivity contribution in [1.29, 1.82) is 0 Å². The lowest BCUT2D eigenvalue weighted by molar-refractivity contribution is 0.0692. The van der Waals surface area contributed by atoms with Gasteiger partial charge in [-0.2, -0.15) is 0 Å². The van der Waals surface area contributed by atoms with Crippen LogP contribution in [0.1, 0.15) is 26.3 Å². The van der Waals surface area contributed by atoms with Crippen LogP contribution in [0.5, 0.6) is 17.2 Å². The Morgan fingerprint density at radius 2 is 1.35 bits per heavy atom. The fourth-order valence-corrected chi connectivity index (χ4v) is 2.16. The lowest BCUT2D eigenvalue weighted by Gasteiger charge is -2.11. The first kappa shape index (κ1) is 16.4. The molecule has 0 atom stereocenters. The number of ether oxygens (including phenoxy) is 3. The van der Waals surface area contributed by atoms with E-state index in [4.69, 9.17) is 14.2 Å². The van der Waals surface area contributed by atoms with Gasteiger partial charge < -0.3 is 19.3 Å². The maximum Gasteiger partial charge on any atom is 0.336 e. The van der Waals surface area contributed by atoms with Crippen LogP contribution in [0.4, 0.5) is 0 Å². The highest BCUT2D eigenvalue weighted by Gasteiger charge is 2.22. The van der Waals surface area contributed by atoms with Crippen LogP contribution in [0.15, 0.2) is 36.4 Å². The van der Waals surface area contributed by atoms with Gasteiger partial charge in [-0.05, 0) is 30.3 Å². The molecule has 2 aromatic carbocycles. The van der Waals surface area contributed by atoms with Crippen LogP contribution in [0.25, 0.3) is 0 Å². The van der Waals surface area contributed by atoms with E-state index >= 15 is 0 Å². The van der Waals surface area contributed by atoms with Crippen molar-refractivity contribution in [3.8, 4) is 17.2 Å². The van der Waals surface area contributed by atoms with Crippen LogP contribution in [-0.4, -0.2) is 38.2 Å². The third-order valence-electron chi connectivity index (χ3n) is 3.36. The van der Waals surface area contributed by atoms with Crippen molar-refractivity contribution in [1.82, 2.24) is 0 Å². The number of methoxy groups -OCH3 is 3. The maximum atomic E-state index is 12.7. The molecule has 0 bridgehead atoms. The zero-order valence-electron chi connectivity index (χ0n) is 13.0. The average Bonchev–Trinajstić information content (AvgIpc) is 2.59. The molecule has 6 heteroatoms. The van der Waals surface area contributed by atoms with Gasteiger partial charge in [-0.15, -0.1) is 0 Å². The third kappa shape index (κ3) is 3.26. The normalized spacial score (nSPS) is 10.0. The zero-order valence-corrected chi connectivity index (χ0v) is 13.0. The van der Waals surface area contributed by atoms with Gasteiger partial charge >= 0.3 is 5.97 Å². The lowest BCUT2D eigenvalue weighted by atomic mass is 9.97. The van der Waals surface area contributed by atoms with E-state index in [-0.39, 0.29) is 16.7 Å². The summed E-state index contributed by atoms with van der Waals surface area (Å²) < 4.78 is 15.3. The van der Waals surface area contributed by atoms with Gasteiger partial charge in [0.25, 0.3) is 0 Å². The van der Waals surface area contributed by atoms with Crippen molar-refractivity contribution in [2.75, 3.05) is 21.3 Å². The minimum atomic E-state index is -1.21. The van der Waals surface area contributed by atoms with E-state index in [2.05, 4.69) is 0 Å². The largest absolute Gasteiger partial charge is 0.497 e. The smallest absolute Gasteiger partial charge is 0.336 e. The summed E-state index contributed by atoms with van der Waals surface area (Å²) in [5.41, 5.74) is 0.176. The Hall–Kier alpha value is -3.02. The molecule has 23 heavy (non-hydrogen) atoms. The number of carbonyl (C=O) groups excluding carboxylic acids is 1. The van der Waals surface area contributed by atoms with Gasteiger partial charge in [0.05, 0.1) is 32.5 Å². The van der Waals surface area contributed by atoms with E-state index in [0.717, 1.165) is 0 Å². The number of ketones is 1. The number of aromatic carboxylic acids is 1. The van der Waals surface area contributed by atoms with E-state index in [1.54, 1.807) is 12.1 Å². The van der Waals surface area contributed by atoms with E-state index < -0.39 is 11.8 Å². The predicted molar refractivity (Wildman–Crippen MR) is 82.9 cm³/mol. The number of rotatable bonds is 6. The second-order valence-electron chi connectivity index (χ2n) is 4.61. The minimum Gasteiger partial charge on any atom is -0.497 e. The molecule has 6 nitrogen and oxygen atoms in total. The van der Waals surface area contributed by atoms with Crippen molar-refractivity contribution in [3.63, 3.8) is 0 Å². The van der Waals surface area contributed by atoms with Gasteiger partial charge in [0.1, 0.15) is 17.2 Å². The Balaban J connectivity index is 2.55. The Labute approximate surface area is 133 Å². The molecule has 0 unspecified atom stereocenters. The molecule has 0 aromatic heterocycles. The molecule has 0 aliphatic carbocycles. The molecule has 120 valence electrons. The first-order valence-electron chi connectivity index (χ1n) is 6.70. The Kier molecular flexibility index (Phi) is 4.85. The highest BCUT2D eigenvalue weighted by molar-refractivity contribution is 6.15. The van der Waals surface area contributed by atoms with Crippen molar-refractivity contribution < 1.29 is 28.9 Å². The summed E-state index contributed by atoms with van der Waals surface area (Å²) >= 11 is 0. The van der Waals surface area contributed by atoms with Gasteiger partial charge in [-0.1, -0.05) is 0 Å². The summed E-state index contributed by atoms with van der Waals surface area (Å²) in [7, 11) is 4.36. The molecule has 0 saturated carbocycles. The molecule has 0 spiro atoms. The number of carboxylic acid groups (broad SMARTS) is 1. The van der Waals surface area contributed by atoms with Crippen LogP contribution in [0.2, 0.25) is 0 Å². The van der Waals surface area contributed by atoms with Gasteiger partial charge in [0.2, 0.25) is 0 Å². The summed E-state index contributed by atoms with van der Waals surface area (Å²) in [5.74, 6) is -0.460. The van der Waals surface area contributed by atoms with Crippen molar-refractivity contribution >= 4 is 11.8 Å². The van der Waals surface area contributed by atoms with E-state index in [1.807, 2.05) is 0 Å². The number of carboxylic acids is 1. The number of hydrogen-bond acceptors (Lipinski definition) is 5. The first-order valence-corrected chi connectivity index (χ1v) is 6.70. The third-order valence-corrected chi connectivity index (χ3v) is 3.36. The fourth-order valence-electron chi connectivity index (χ4n) is 2.16. The second-order valence-corrected chi connectivity index (χ2v) is 4.61. The van der Waals surface area contributed by atoms with Crippen LogP contribution in [0, 0.1) is 0 Å². The van der Waals surface area contributed by atoms with Crippen LogP contribution in [0.3, 0.4) is 0 Å². The standard InChI is InChI=1S/C17H16O6/c1-21-10-4-6-12(14(8-10)17(19)20)16(18)13-7-5-11(22-2)9-15(13)23-3/h4-9H,1-3H3,(H,19,20). The van der Waals surface area contributed by atoms with Crippen molar-refractivity contribution in [3.05, 3.63) is 53.1 Å². The summed E-state index contributed by atoms with van der Waals surface area (Å²) in [5, 5.41) is 9.33. The molecule has 1 N–H and O–H groups in total. The van der Waals surface area contributed by atoms with Gasteiger partial charge in [-0.25, -0.2) is 4.79 Å². The number of carbonyl (C=O) groups is 2. The summed E-state index contributed by atoms with van der Waals surface area (Å²) in [6.07, 6.45) is 0. The molecule has 0 heterocycles.